The molecule has 2 rings (SSSR count). The number of nitrogens with one attached hydrogen (secondary N) is 1. The molecular weight excluding hydrogens is 210 g/mol. The monoisotopic (exact) mass is 233 g/mol. The maximum Gasteiger partial charge on any atom is 0.0953 e. The van der Waals surface area contributed by atoms with Crippen LogP contribution in [-0.2, 0) is 4.74 Å². The number of rotatable bonds is 6. The maximum absolute atomic E-state index is 6.17. The third-order valence-corrected chi connectivity index (χ3v) is 3.40. The summed E-state index contributed by atoms with van der Waals surface area (Å²) in [5.41, 5.74) is 2.61. The van der Waals surface area contributed by atoms with Gasteiger partial charge < -0.3 is 10.1 Å². The van der Waals surface area contributed by atoms with Crippen LogP contribution in [0.2, 0.25) is 0 Å². The van der Waals surface area contributed by atoms with E-state index in [-0.39, 0.29) is 6.10 Å². The van der Waals surface area contributed by atoms with E-state index in [9.17, 15) is 0 Å². The molecule has 0 heterocycles. The highest BCUT2D eigenvalue weighted by Crippen LogP contribution is 2.28. The van der Waals surface area contributed by atoms with Gasteiger partial charge in [0.2, 0.25) is 0 Å². The molecule has 1 saturated carbocycles. The van der Waals surface area contributed by atoms with Crippen LogP contribution in [0.15, 0.2) is 24.3 Å². The van der Waals surface area contributed by atoms with Crippen LogP contribution >= 0.6 is 0 Å². The topological polar surface area (TPSA) is 21.3 Å². The highest BCUT2D eigenvalue weighted by molar-refractivity contribution is 5.24. The molecule has 0 aliphatic heterocycles. The SMILES string of the molecule is CCNCC(OC1CCC1)c1cccc(C)c1. The van der Waals surface area contributed by atoms with Crippen LogP contribution in [0.4, 0.5) is 0 Å². The molecule has 1 aliphatic rings. The zero-order valence-electron chi connectivity index (χ0n) is 10.9. The predicted molar refractivity (Wildman–Crippen MR) is 71.2 cm³/mol. The van der Waals surface area contributed by atoms with Crippen molar-refractivity contribution in [2.75, 3.05) is 13.1 Å². The summed E-state index contributed by atoms with van der Waals surface area (Å²) in [6.45, 7) is 6.18. The molecule has 0 radical (unpaired) electrons. The third-order valence-electron chi connectivity index (χ3n) is 3.40. The fourth-order valence-corrected chi connectivity index (χ4v) is 2.13. The Bertz CT molecular complexity index is 347. The number of ether oxygens (including phenoxy) is 1. The van der Waals surface area contributed by atoms with E-state index in [1.54, 1.807) is 0 Å². The van der Waals surface area contributed by atoms with E-state index in [4.69, 9.17) is 4.74 Å². The Morgan fingerprint density at radius 2 is 2.24 bits per heavy atom. The lowest BCUT2D eigenvalue weighted by Crippen LogP contribution is -2.30. The zero-order valence-corrected chi connectivity index (χ0v) is 10.9. The van der Waals surface area contributed by atoms with Crippen LogP contribution in [0, 0.1) is 6.92 Å². The van der Waals surface area contributed by atoms with Crippen LogP contribution in [-0.4, -0.2) is 19.2 Å². The van der Waals surface area contributed by atoms with Crippen LogP contribution in [0.3, 0.4) is 0 Å². The molecule has 2 nitrogen and oxygen atoms in total. The summed E-state index contributed by atoms with van der Waals surface area (Å²) in [6.07, 6.45) is 4.48. The minimum atomic E-state index is 0.208. The van der Waals surface area contributed by atoms with E-state index in [1.807, 2.05) is 0 Å². The van der Waals surface area contributed by atoms with Gasteiger partial charge in [-0.2, -0.15) is 0 Å². The molecule has 1 atom stereocenters. The van der Waals surface area contributed by atoms with Gasteiger partial charge in [0, 0.05) is 6.54 Å². The minimum Gasteiger partial charge on any atom is -0.369 e. The molecule has 1 aromatic carbocycles. The molecule has 94 valence electrons. The van der Waals surface area contributed by atoms with Crippen molar-refractivity contribution >= 4 is 0 Å². The molecule has 1 N–H and O–H groups in total. The van der Waals surface area contributed by atoms with Crippen LogP contribution in [0.1, 0.15) is 43.4 Å². The molecule has 0 saturated heterocycles. The second-order valence-corrected chi connectivity index (χ2v) is 4.90. The van der Waals surface area contributed by atoms with E-state index < -0.39 is 0 Å². The van der Waals surface area contributed by atoms with Crippen molar-refractivity contribution in [1.82, 2.24) is 5.32 Å². The highest BCUT2D eigenvalue weighted by Gasteiger charge is 2.23. The molecule has 1 aromatic rings. The highest BCUT2D eigenvalue weighted by atomic mass is 16.5. The summed E-state index contributed by atoms with van der Waals surface area (Å²) in [5, 5.41) is 3.39. The van der Waals surface area contributed by atoms with Crippen LogP contribution in [0.25, 0.3) is 0 Å². The Balaban J connectivity index is 2.02. The quantitative estimate of drug-likeness (QED) is 0.814. The number of aryl methyl sites for hydroxylation is 1. The summed E-state index contributed by atoms with van der Waals surface area (Å²) in [6, 6.07) is 8.67. The standard InChI is InChI=1S/C15H23NO/c1-3-16-11-15(17-14-8-5-9-14)13-7-4-6-12(2)10-13/h4,6-7,10,14-16H,3,5,8-9,11H2,1-2H3. The molecule has 0 spiro atoms. The van der Waals surface area contributed by atoms with E-state index in [1.165, 1.54) is 30.4 Å². The second kappa shape index (κ2) is 6.18. The normalized spacial score (nSPS) is 17.8. The largest absolute Gasteiger partial charge is 0.369 e. The zero-order chi connectivity index (χ0) is 12.1. The van der Waals surface area contributed by atoms with Gasteiger partial charge in [0.15, 0.2) is 0 Å². The lowest BCUT2D eigenvalue weighted by Gasteiger charge is -2.31. The predicted octanol–water partition coefficient (Wildman–Crippen LogP) is 3.21. The molecule has 1 aliphatic carbocycles. The minimum absolute atomic E-state index is 0.208. The number of benzene rings is 1. The van der Waals surface area contributed by atoms with Crippen molar-refractivity contribution in [3.8, 4) is 0 Å². The summed E-state index contributed by atoms with van der Waals surface area (Å²) in [5.74, 6) is 0. The van der Waals surface area contributed by atoms with Crippen molar-refractivity contribution < 1.29 is 4.74 Å². The summed E-state index contributed by atoms with van der Waals surface area (Å²) >= 11 is 0. The van der Waals surface area contributed by atoms with E-state index in [0.29, 0.717) is 6.10 Å². The average molecular weight is 233 g/mol. The Hall–Kier alpha value is -0.860. The van der Waals surface area contributed by atoms with Crippen LogP contribution < -0.4 is 5.32 Å². The first kappa shape index (κ1) is 12.6. The van der Waals surface area contributed by atoms with Crippen molar-refractivity contribution in [2.45, 2.75) is 45.3 Å². The Kier molecular flexibility index (Phi) is 4.57. The first-order valence-corrected chi connectivity index (χ1v) is 6.72. The summed E-state index contributed by atoms with van der Waals surface area (Å²) in [7, 11) is 0. The van der Waals surface area contributed by atoms with E-state index in [0.717, 1.165) is 13.1 Å². The van der Waals surface area contributed by atoms with Crippen molar-refractivity contribution in [3.63, 3.8) is 0 Å². The molecule has 0 amide bonds. The van der Waals surface area contributed by atoms with Crippen molar-refractivity contribution in [2.24, 2.45) is 0 Å². The van der Waals surface area contributed by atoms with Crippen LogP contribution in [0.5, 0.6) is 0 Å². The molecular formula is C15H23NO. The van der Waals surface area contributed by atoms with Gasteiger partial charge >= 0.3 is 0 Å². The van der Waals surface area contributed by atoms with Gasteiger partial charge in [0.05, 0.1) is 12.2 Å². The second-order valence-electron chi connectivity index (χ2n) is 4.90. The van der Waals surface area contributed by atoms with Gasteiger partial charge in [-0.05, 0) is 38.3 Å². The van der Waals surface area contributed by atoms with Gasteiger partial charge in [-0.25, -0.2) is 0 Å². The number of likely N-dealkylation sites (N-methyl/N-ethyl adjacent to an activating group) is 1. The Labute approximate surface area is 104 Å². The molecule has 1 unspecified atom stereocenters. The van der Waals surface area contributed by atoms with Gasteiger partial charge in [0.1, 0.15) is 0 Å². The summed E-state index contributed by atoms with van der Waals surface area (Å²) in [4.78, 5) is 0. The van der Waals surface area contributed by atoms with Gasteiger partial charge in [-0.3, -0.25) is 0 Å². The van der Waals surface area contributed by atoms with Crippen molar-refractivity contribution in [3.05, 3.63) is 35.4 Å². The van der Waals surface area contributed by atoms with E-state index >= 15 is 0 Å². The lowest BCUT2D eigenvalue weighted by atomic mass is 9.95. The lowest BCUT2D eigenvalue weighted by molar-refractivity contribution is -0.0518. The first-order valence-electron chi connectivity index (χ1n) is 6.72. The van der Waals surface area contributed by atoms with Gasteiger partial charge in [-0.1, -0.05) is 36.8 Å². The maximum atomic E-state index is 6.17. The first-order chi connectivity index (χ1) is 8.29. The number of hydrogen-bond donors (Lipinski definition) is 1. The fraction of sp³-hybridized carbons (Fsp3) is 0.600. The van der Waals surface area contributed by atoms with E-state index in [2.05, 4.69) is 43.4 Å². The van der Waals surface area contributed by atoms with Gasteiger partial charge in [0.25, 0.3) is 0 Å². The van der Waals surface area contributed by atoms with Gasteiger partial charge in [-0.15, -0.1) is 0 Å². The number of hydrogen-bond acceptors (Lipinski definition) is 2. The molecule has 0 aromatic heterocycles. The van der Waals surface area contributed by atoms with Crippen molar-refractivity contribution in [1.29, 1.82) is 0 Å². The third kappa shape index (κ3) is 3.55. The molecule has 2 heteroatoms. The molecule has 1 fully saturated rings. The average Bonchev–Trinajstić information content (AvgIpc) is 2.27. The Morgan fingerprint density at radius 3 is 2.82 bits per heavy atom. The summed E-state index contributed by atoms with van der Waals surface area (Å²) < 4.78 is 6.17. The smallest absolute Gasteiger partial charge is 0.0953 e. The molecule has 17 heavy (non-hydrogen) atoms. The fourth-order valence-electron chi connectivity index (χ4n) is 2.13. The Morgan fingerprint density at radius 1 is 1.41 bits per heavy atom. The molecule has 0 bridgehead atoms.